The lowest BCUT2D eigenvalue weighted by Crippen LogP contribution is -2.45. The Morgan fingerprint density at radius 3 is 2.54 bits per heavy atom. The second kappa shape index (κ2) is 6.93. The van der Waals surface area contributed by atoms with Gasteiger partial charge in [0.05, 0.1) is 0 Å². The van der Waals surface area contributed by atoms with E-state index < -0.39 is 0 Å². The molecule has 4 rings (SSSR count). The summed E-state index contributed by atoms with van der Waals surface area (Å²) in [6.07, 6.45) is 4.98. The minimum absolute atomic E-state index is 0.181. The third-order valence-corrected chi connectivity index (χ3v) is 6.46. The van der Waals surface area contributed by atoms with Crippen molar-refractivity contribution in [2.45, 2.75) is 37.5 Å². The number of rotatable bonds is 4. The largest absolute Gasteiger partial charge is 0.303 e. The maximum Gasteiger partial charge on any atom is 0.127 e. The fourth-order valence-electron chi connectivity index (χ4n) is 4.97. The summed E-state index contributed by atoms with van der Waals surface area (Å²) in [4.78, 5) is 11.9. The van der Waals surface area contributed by atoms with Crippen LogP contribution in [0.2, 0.25) is 0 Å². The molecule has 0 bridgehead atoms. The van der Waals surface area contributed by atoms with Gasteiger partial charge in [-0.15, -0.1) is 0 Å². The van der Waals surface area contributed by atoms with Crippen molar-refractivity contribution in [3.05, 3.63) is 71.0 Å². The number of nitrogens with two attached hydrogens (primary N) is 1. The first-order chi connectivity index (χ1) is 12.6. The van der Waals surface area contributed by atoms with E-state index >= 15 is 0 Å². The first-order valence-electron chi connectivity index (χ1n) is 9.39. The number of piperidine rings is 1. The number of fused-ring (bicyclic) bond motifs is 1. The van der Waals surface area contributed by atoms with Gasteiger partial charge in [0.2, 0.25) is 0 Å². The lowest BCUT2D eigenvalue weighted by atomic mass is 9.66. The third kappa shape index (κ3) is 3.08. The Balaban J connectivity index is 1.66. The number of carbonyl (C=O) groups excluding carboxylic acids is 1. The molecular formula is C22H25FN2O. The quantitative estimate of drug-likeness (QED) is 0.673. The van der Waals surface area contributed by atoms with Crippen molar-refractivity contribution in [1.29, 1.82) is 0 Å². The Kier molecular flexibility index (Phi) is 4.63. The molecule has 136 valence electrons. The molecule has 2 unspecified atom stereocenters. The molecule has 0 aromatic heterocycles. The predicted octanol–water partition coefficient (Wildman–Crippen LogP) is 3.79. The summed E-state index contributed by atoms with van der Waals surface area (Å²) >= 11 is 0. The van der Waals surface area contributed by atoms with Crippen LogP contribution in [-0.2, 0) is 11.2 Å². The molecule has 1 aliphatic carbocycles. The summed E-state index contributed by atoms with van der Waals surface area (Å²) in [5.41, 5.74) is 3.87. The Bertz CT molecular complexity index is 781. The molecule has 0 radical (unpaired) electrons. The molecule has 3 nitrogen and oxygen atoms in total. The van der Waals surface area contributed by atoms with Gasteiger partial charge in [-0.3, -0.25) is 5.84 Å². The van der Waals surface area contributed by atoms with E-state index in [2.05, 4.69) is 24.3 Å². The molecule has 1 fully saturated rings. The summed E-state index contributed by atoms with van der Waals surface area (Å²) in [6, 6.07) is 15.0. The first kappa shape index (κ1) is 17.4. The molecule has 2 aromatic carbocycles. The minimum Gasteiger partial charge on any atom is -0.303 e. The van der Waals surface area contributed by atoms with Gasteiger partial charge in [-0.25, -0.2) is 9.40 Å². The van der Waals surface area contributed by atoms with Crippen LogP contribution in [0, 0.1) is 11.2 Å². The van der Waals surface area contributed by atoms with Gasteiger partial charge in [-0.1, -0.05) is 36.4 Å². The van der Waals surface area contributed by atoms with E-state index in [1.54, 1.807) is 12.1 Å². The van der Waals surface area contributed by atoms with Crippen LogP contribution in [0.5, 0.6) is 0 Å². The van der Waals surface area contributed by atoms with Crippen LogP contribution in [0.3, 0.4) is 0 Å². The van der Waals surface area contributed by atoms with Crippen molar-refractivity contribution in [3.63, 3.8) is 0 Å². The van der Waals surface area contributed by atoms with Gasteiger partial charge in [-0.05, 0) is 65.8 Å². The van der Waals surface area contributed by atoms with E-state index in [1.807, 2.05) is 5.01 Å². The van der Waals surface area contributed by atoms with Gasteiger partial charge in [0.1, 0.15) is 12.1 Å². The van der Waals surface area contributed by atoms with E-state index in [9.17, 15) is 9.18 Å². The van der Waals surface area contributed by atoms with Crippen LogP contribution in [0.15, 0.2) is 48.5 Å². The zero-order valence-corrected chi connectivity index (χ0v) is 14.9. The van der Waals surface area contributed by atoms with Gasteiger partial charge in [0.15, 0.2) is 0 Å². The van der Waals surface area contributed by atoms with Gasteiger partial charge in [0.25, 0.3) is 0 Å². The number of hydrogen-bond acceptors (Lipinski definition) is 3. The molecule has 1 heterocycles. The van der Waals surface area contributed by atoms with Crippen molar-refractivity contribution in [1.82, 2.24) is 5.01 Å². The summed E-state index contributed by atoms with van der Waals surface area (Å²) < 4.78 is 13.3. The van der Waals surface area contributed by atoms with Crippen LogP contribution < -0.4 is 5.84 Å². The lowest BCUT2D eigenvalue weighted by Gasteiger charge is -2.43. The topological polar surface area (TPSA) is 46.3 Å². The molecule has 0 amide bonds. The maximum absolute atomic E-state index is 13.3. The average molecular weight is 352 g/mol. The van der Waals surface area contributed by atoms with E-state index in [1.165, 1.54) is 23.3 Å². The van der Waals surface area contributed by atoms with Crippen LogP contribution in [0.1, 0.15) is 47.8 Å². The highest BCUT2D eigenvalue weighted by atomic mass is 19.1. The van der Waals surface area contributed by atoms with Crippen molar-refractivity contribution >= 4 is 6.29 Å². The molecule has 26 heavy (non-hydrogen) atoms. The van der Waals surface area contributed by atoms with Crippen LogP contribution in [-0.4, -0.2) is 24.4 Å². The van der Waals surface area contributed by atoms with Crippen LogP contribution >= 0.6 is 0 Å². The zero-order chi connectivity index (χ0) is 18.1. The molecule has 2 N–H and O–H groups in total. The highest BCUT2D eigenvalue weighted by Crippen LogP contribution is 2.55. The second-order valence-corrected chi connectivity index (χ2v) is 7.86. The molecular weight excluding hydrogens is 327 g/mol. The SMILES string of the molecule is NN1CCC2(CC1)Cc1ccccc1C2CC(C=O)c1ccc(F)cc1. The fourth-order valence-corrected chi connectivity index (χ4v) is 4.97. The van der Waals surface area contributed by atoms with Crippen molar-refractivity contribution in [2.75, 3.05) is 13.1 Å². The van der Waals surface area contributed by atoms with Gasteiger partial charge in [0, 0.05) is 19.0 Å². The summed E-state index contributed by atoms with van der Waals surface area (Å²) in [5, 5.41) is 1.91. The molecule has 1 saturated heterocycles. The predicted molar refractivity (Wildman–Crippen MR) is 100 cm³/mol. The third-order valence-electron chi connectivity index (χ3n) is 6.46. The highest BCUT2D eigenvalue weighted by Gasteiger charge is 2.47. The van der Waals surface area contributed by atoms with Crippen LogP contribution in [0.25, 0.3) is 0 Å². The number of aldehydes is 1. The normalized spacial score (nSPS) is 22.9. The number of halogens is 1. The smallest absolute Gasteiger partial charge is 0.127 e. The highest BCUT2D eigenvalue weighted by molar-refractivity contribution is 5.62. The van der Waals surface area contributed by atoms with Crippen molar-refractivity contribution in [3.8, 4) is 0 Å². The van der Waals surface area contributed by atoms with E-state index in [4.69, 9.17) is 5.84 Å². The first-order valence-corrected chi connectivity index (χ1v) is 9.39. The minimum atomic E-state index is -0.267. The van der Waals surface area contributed by atoms with Crippen molar-refractivity contribution < 1.29 is 9.18 Å². The second-order valence-electron chi connectivity index (χ2n) is 7.86. The molecule has 0 saturated carbocycles. The molecule has 2 aliphatic rings. The monoisotopic (exact) mass is 352 g/mol. The summed E-state index contributed by atoms with van der Waals surface area (Å²) in [5.74, 6) is 5.87. The van der Waals surface area contributed by atoms with Crippen molar-refractivity contribution in [2.24, 2.45) is 11.3 Å². The van der Waals surface area contributed by atoms with Gasteiger partial charge >= 0.3 is 0 Å². The van der Waals surface area contributed by atoms with E-state index in [0.29, 0.717) is 5.92 Å². The number of benzene rings is 2. The summed E-state index contributed by atoms with van der Waals surface area (Å²) in [7, 11) is 0. The Labute approximate surface area is 154 Å². The average Bonchev–Trinajstić information content (AvgIpc) is 2.96. The number of nitrogens with zero attached hydrogens (tertiary/aromatic N) is 1. The Morgan fingerprint density at radius 1 is 1.15 bits per heavy atom. The number of hydrazine groups is 1. The molecule has 1 spiro atoms. The fraction of sp³-hybridized carbons (Fsp3) is 0.409. The molecule has 1 aliphatic heterocycles. The molecule has 2 aromatic rings. The van der Waals surface area contributed by atoms with E-state index in [0.717, 1.165) is 50.6 Å². The van der Waals surface area contributed by atoms with Crippen LogP contribution in [0.4, 0.5) is 4.39 Å². The number of hydrogen-bond donors (Lipinski definition) is 1. The zero-order valence-electron chi connectivity index (χ0n) is 14.9. The molecule has 4 heteroatoms. The van der Waals surface area contributed by atoms with E-state index in [-0.39, 0.29) is 17.2 Å². The maximum atomic E-state index is 13.3. The standard InChI is InChI=1S/C22H25FN2O/c23-19-7-5-16(6-8-19)18(15-26)13-21-20-4-2-1-3-17(20)14-22(21)9-11-25(24)12-10-22/h1-8,15,18,21H,9-14,24H2. The Hall–Kier alpha value is -2.04. The summed E-state index contributed by atoms with van der Waals surface area (Å²) in [6.45, 7) is 1.79. The van der Waals surface area contributed by atoms with Gasteiger partial charge in [-0.2, -0.15) is 0 Å². The van der Waals surface area contributed by atoms with Gasteiger partial charge < -0.3 is 4.79 Å². The Morgan fingerprint density at radius 2 is 1.85 bits per heavy atom. The molecule has 2 atom stereocenters. The lowest BCUT2D eigenvalue weighted by molar-refractivity contribution is -0.109. The number of carbonyl (C=O) groups is 1.